The highest BCUT2D eigenvalue weighted by Gasteiger charge is 2.27. The largest absolute Gasteiger partial charge is 0.444 e. The molecule has 23 heavy (non-hydrogen) atoms. The number of hydrogen-bond acceptors (Lipinski definition) is 4. The molecule has 0 aromatic carbocycles. The molecule has 1 saturated heterocycles. The zero-order chi connectivity index (χ0) is 17.0. The highest BCUT2D eigenvalue weighted by Crippen LogP contribution is 2.29. The van der Waals surface area contributed by atoms with Gasteiger partial charge >= 0.3 is 6.09 Å². The fraction of sp³-hybridized carbons (Fsp3) is 0.765. The van der Waals surface area contributed by atoms with Crippen LogP contribution in [0.3, 0.4) is 0 Å². The molecule has 1 aromatic heterocycles. The van der Waals surface area contributed by atoms with Gasteiger partial charge in [0.1, 0.15) is 5.60 Å². The maximum absolute atomic E-state index is 12.1. The summed E-state index contributed by atoms with van der Waals surface area (Å²) in [5.41, 5.74) is 0.509. The highest BCUT2D eigenvalue weighted by molar-refractivity contribution is 5.68. The normalized spacial score (nSPS) is 21.0. The molecular formula is C17H29N3O3. The van der Waals surface area contributed by atoms with Crippen LogP contribution in [-0.2, 0) is 9.47 Å². The summed E-state index contributed by atoms with van der Waals surface area (Å²) in [6, 6.07) is 0.182. The first kappa shape index (κ1) is 17.8. The summed E-state index contributed by atoms with van der Waals surface area (Å²) >= 11 is 0. The molecule has 1 N–H and O–H groups in total. The Labute approximate surface area is 138 Å². The lowest BCUT2D eigenvalue weighted by atomic mass is 9.99. The first-order chi connectivity index (χ1) is 10.8. The van der Waals surface area contributed by atoms with Crippen LogP contribution in [-0.4, -0.2) is 34.5 Å². The number of rotatable bonds is 5. The topological polar surface area (TPSA) is 65.4 Å². The number of carbonyl (C=O) groups excluding carboxylic acids is 1. The van der Waals surface area contributed by atoms with Crippen molar-refractivity contribution in [2.24, 2.45) is 5.92 Å². The Morgan fingerprint density at radius 2 is 2.30 bits per heavy atom. The van der Waals surface area contributed by atoms with E-state index < -0.39 is 11.7 Å². The molecule has 1 aliphatic heterocycles. The number of carbonyl (C=O) groups is 1. The van der Waals surface area contributed by atoms with E-state index >= 15 is 0 Å². The van der Waals surface area contributed by atoms with Crippen LogP contribution in [0.1, 0.15) is 65.2 Å². The minimum atomic E-state index is -0.503. The van der Waals surface area contributed by atoms with E-state index in [9.17, 15) is 4.79 Å². The fourth-order valence-corrected chi connectivity index (χ4v) is 2.92. The average Bonchev–Trinajstić information content (AvgIpc) is 3.13. The lowest BCUT2D eigenvalue weighted by molar-refractivity contribution is 0.0499. The van der Waals surface area contributed by atoms with Crippen LogP contribution in [0.2, 0.25) is 0 Å². The van der Waals surface area contributed by atoms with Gasteiger partial charge < -0.3 is 19.4 Å². The SMILES string of the molecule is CC[C@@H](NC(=O)OC(C)(C)C)c1cncn1C(C)C1CCOC1. The maximum atomic E-state index is 12.1. The minimum absolute atomic E-state index is 0.114. The first-order valence-corrected chi connectivity index (χ1v) is 8.40. The van der Waals surface area contributed by atoms with Crippen molar-refractivity contribution in [3.05, 3.63) is 18.2 Å². The number of imidazole rings is 1. The van der Waals surface area contributed by atoms with E-state index in [1.54, 1.807) is 0 Å². The smallest absolute Gasteiger partial charge is 0.408 e. The van der Waals surface area contributed by atoms with Gasteiger partial charge in [-0.15, -0.1) is 0 Å². The Kier molecular flexibility index (Phi) is 5.68. The Morgan fingerprint density at radius 1 is 1.57 bits per heavy atom. The van der Waals surface area contributed by atoms with Crippen molar-refractivity contribution in [2.45, 2.75) is 65.1 Å². The minimum Gasteiger partial charge on any atom is -0.444 e. The van der Waals surface area contributed by atoms with Gasteiger partial charge in [0.2, 0.25) is 0 Å². The van der Waals surface area contributed by atoms with Crippen molar-refractivity contribution in [1.29, 1.82) is 0 Å². The van der Waals surface area contributed by atoms with E-state index in [2.05, 4.69) is 21.8 Å². The van der Waals surface area contributed by atoms with Crippen molar-refractivity contribution in [3.63, 3.8) is 0 Å². The molecule has 6 heteroatoms. The van der Waals surface area contributed by atoms with Crippen LogP contribution < -0.4 is 5.32 Å². The fourth-order valence-electron chi connectivity index (χ4n) is 2.92. The van der Waals surface area contributed by atoms with E-state index in [0.717, 1.165) is 31.7 Å². The van der Waals surface area contributed by atoms with Crippen LogP contribution in [0.5, 0.6) is 0 Å². The van der Waals surface area contributed by atoms with Crippen molar-refractivity contribution < 1.29 is 14.3 Å². The van der Waals surface area contributed by atoms with Gasteiger partial charge in [-0.2, -0.15) is 0 Å². The molecule has 130 valence electrons. The third-order valence-corrected chi connectivity index (χ3v) is 4.24. The molecule has 1 aliphatic rings. The molecule has 0 saturated carbocycles. The molecule has 3 atom stereocenters. The maximum Gasteiger partial charge on any atom is 0.408 e. The van der Waals surface area contributed by atoms with E-state index in [0.29, 0.717) is 12.0 Å². The molecule has 0 aliphatic carbocycles. The summed E-state index contributed by atoms with van der Waals surface area (Å²) in [7, 11) is 0. The quantitative estimate of drug-likeness (QED) is 0.901. The van der Waals surface area contributed by atoms with Crippen molar-refractivity contribution in [2.75, 3.05) is 13.2 Å². The molecular weight excluding hydrogens is 294 g/mol. The molecule has 2 unspecified atom stereocenters. The molecule has 0 bridgehead atoms. The number of ether oxygens (including phenoxy) is 2. The van der Waals surface area contributed by atoms with Crippen LogP contribution in [0.15, 0.2) is 12.5 Å². The van der Waals surface area contributed by atoms with Gasteiger partial charge in [-0.25, -0.2) is 9.78 Å². The van der Waals surface area contributed by atoms with E-state index in [1.165, 1.54) is 0 Å². The van der Waals surface area contributed by atoms with Crippen molar-refractivity contribution in [1.82, 2.24) is 14.9 Å². The third kappa shape index (κ3) is 4.70. The zero-order valence-electron chi connectivity index (χ0n) is 14.8. The summed E-state index contributed by atoms with van der Waals surface area (Å²) in [6.07, 6.45) is 5.12. The molecule has 0 spiro atoms. The van der Waals surface area contributed by atoms with Gasteiger partial charge in [-0.3, -0.25) is 0 Å². The number of amides is 1. The molecule has 2 heterocycles. The Bertz CT molecular complexity index is 515. The molecule has 1 amide bonds. The van der Waals surface area contributed by atoms with Gasteiger partial charge in [0, 0.05) is 18.6 Å². The van der Waals surface area contributed by atoms with E-state index in [1.807, 2.05) is 40.2 Å². The molecule has 2 rings (SSSR count). The van der Waals surface area contributed by atoms with E-state index in [4.69, 9.17) is 9.47 Å². The van der Waals surface area contributed by atoms with Gasteiger partial charge in [0.15, 0.2) is 0 Å². The number of alkyl carbamates (subject to hydrolysis) is 1. The van der Waals surface area contributed by atoms with Crippen LogP contribution in [0.25, 0.3) is 0 Å². The zero-order valence-corrected chi connectivity index (χ0v) is 14.8. The van der Waals surface area contributed by atoms with Crippen LogP contribution >= 0.6 is 0 Å². The second-order valence-electron chi connectivity index (χ2n) is 7.20. The molecule has 6 nitrogen and oxygen atoms in total. The van der Waals surface area contributed by atoms with Crippen LogP contribution in [0, 0.1) is 5.92 Å². The van der Waals surface area contributed by atoms with Gasteiger partial charge in [-0.05, 0) is 40.5 Å². The predicted molar refractivity (Wildman–Crippen MR) is 88.3 cm³/mol. The summed E-state index contributed by atoms with van der Waals surface area (Å²) in [4.78, 5) is 16.4. The van der Waals surface area contributed by atoms with Gasteiger partial charge in [0.05, 0.1) is 30.9 Å². The van der Waals surface area contributed by atoms with Crippen molar-refractivity contribution >= 4 is 6.09 Å². The summed E-state index contributed by atoms with van der Waals surface area (Å²) in [5.74, 6) is 0.488. The Hall–Kier alpha value is -1.56. The van der Waals surface area contributed by atoms with Crippen molar-refractivity contribution in [3.8, 4) is 0 Å². The van der Waals surface area contributed by atoms with Gasteiger partial charge in [0.25, 0.3) is 0 Å². The Morgan fingerprint density at radius 3 is 2.87 bits per heavy atom. The monoisotopic (exact) mass is 323 g/mol. The summed E-state index contributed by atoms with van der Waals surface area (Å²) < 4.78 is 13.0. The molecule has 0 radical (unpaired) electrons. The molecule has 1 aromatic rings. The number of hydrogen-bond donors (Lipinski definition) is 1. The number of nitrogens with one attached hydrogen (secondary N) is 1. The lowest BCUT2D eigenvalue weighted by Gasteiger charge is -2.27. The third-order valence-electron chi connectivity index (χ3n) is 4.24. The highest BCUT2D eigenvalue weighted by atomic mass is 16.6. The van der Waals surface area contributed by atoms with Gasteiger partial charge in [-0.1, -0.05) is 6.92 Å². The summed E-state index contributed by atoms with van der Waals surface area (Å²) in [5, 5.41) is 2.96. The standard InChI is InChI=1S/C17H29N3O3/c1-6-14(19-16(21)23-17(3,4)5)15-9-18-11-20(15)12(2)13-7-8-22-10-13/h9,11-14H,6-8,10H2,1-5H3,(H,19,21)/t12?,13?,14-/m1/s1. The number of nitrogens with zero attached hydrogens (tertiary/aromatic N) is 2. The second-order valence-corrected chi connectivity index (χ2v) is 7.20. The predicted octanol–water partition coefficient (Wildman–Crippen LogP) is 3.46. The van der Waals surface area contributed by atoms with E-state index in [-0.39, 0.29) is 6.04 Å². The average molecular weight is 323 g/mol. The second kappa shape index (κ2) is 7.34. The first-order valence-electron chi connectivity index (χ1n) is 8.40. The lowest BCUT2D eigenvalue weighted by Crippen LogP contribution is -2.36. The van der Waals surface area contributed by atoms with Crippen LogP contribution in [0.4, 0.5) is 4.79 Å². The molecule has 1 fully saturated rings. The summed E-state index contributed by atoms with van der Waals surface area (Å²) in [6.45, 7) is 11.4. The number of aromatic nitrogens is 2. The Balaban J connectivity index is 2.09.